The molecule has 0 saturated carbocycles. The molecule has 96 valence electrons. The highest BCUT2D eigenvalue weighted by atomic mass is 35.5. The van der Waals surface area contributed by atoms with Gasteiger partial charge < -0.3 is 10.2 Å². The number of benzene rings is 1. The second-order valence-corrected chi connectivity index (χ2v) is 5.48. The molecule has 0 aliphatic carbocycles. The van der Waals surface area contributed by atoms with Crippen molar-refractivity contribution < 1.29 is 10.2 Å². The molecule has 0 aromatic heterocycles. The minimum atomic E-state index is -0.574. The third-order valence-corrected chi connectivity index (χ3v) is 3.48. The van der Waals surface area contributed by atoms with Gasteiger partial charge in [-0.15, -0.1) is 0 Å². The van der Waals surface area contributed by atoms with Crippen molar-refractivity contribution in [2.24, 2.45) is 5.92 Å². The summed E-state index contributed by atoms with van der Waals surface area (Å²) >= 11 is 5.96. The van der Waals surface area contributed by atoms with Crippen LogP contribution in [0.2, 0.25) is 5.02 Å². The third-order valence-electron chi connectivity index (χ3n) is 3.24. The van der Waals surface area contributed by atoms with Crippen molar-refractivity contribution in [3.63, 3.8) is 0 Å². The van der Waals surface area contributed by atoms with Gasteiger partial charge >= 0.3 is 0 Å². The third kappa shape index (κ3) is 3.70. The molecule has 0 aliphatic heterocycles. The maximum atomic E-state index is 9.63. The highest BCUT2D eigenvalue weighted by Gasteiger charge is 2.31. The largest absolute Gasteiger partial charge is 0.395 e. The van der Waals surface area contributed by atoms with Crippen LogP contribution in [0.4, 0.5) is 0 Å². The van der Waals surface area contributed by atoms with Gasteiger partial charge in [-0.3, -0.25) is 0 Å². The summed E-state index contributed by atoms with van der Waals surface area (Å²) in [5.41, 5.74) is 0.338. The van der Waals surface area contributed by atoms with E-state index in [1.165, 1.54) is 0 Å². The van der Waals surface area contributed by atoms with Crippen LogP contribution in [0.15, 0.2) is 24.3 Å². The predicted molar refractivity (Wildman–Crippen MR) is 71.4 cm³/mol. The first-order valence-electron chi connectivity index (χ1n) is 6.02. The van der Waals surface area contributed by atoms with E-state index in [0.717, 1.165) is 18.4 Å². The molecule has 1 rings (SSSR count). The van der Waals surface area contributed by atoms with Gasteiger partial charge in [0.2, 0.25) is 0 Å². The summed E-state index contributed by atoms with van der Waals surface area (Å²) < 4.78 is 0. The monoisotopic (exact) mass is 256 g/mol. The van der Waals surface area contributed by atoms with Crippen molar-refractivity contribution in [2.75, 3.05) is 13.2 Å². The van der Waals surface area contributed by atoms with Crippen LogP contribution >= 0.6 is 11.6 Å². The fourth-order valence-electron chi connectivity index (χ4n) is 1.92. The Morgan fingerprint density at radius 3 is 2.35 bits per heavy atom. The zero-order valence-electron chi connectivity index (χ0n) is 10.5. The number of halogens is 1. The van der Waals surface area contributed by atoms with Crippen molar-refractivity contribution in [3.05, 3.63) is 34.9 Å². The van der Waals surface area contributed by atoms with Gasteiger partial charge in [-0.05, 0) is 36.5 Å². The minimum absolute atomic E-state index is 0.0590. The first-order valence-corrected chi connectivity index (χ1v) is 6.39. The van der Waals surface area contributed by atoms with Crippen LogP contribution in [0.25, 0.3) is 0 Å². The van der Waals surface area contributed by atoms with Gasteiger partial charge in [-0.1, -0.05) is 37.6 Å². The summed E-state index contributed by atoms with van der Waals surface area (Å²) in [6.45, 7) is 4.15. The SMILES string of the molecule is CC(C)CCC(CO)(CO)c1cccc(Cl)c1. The van der Waals surface area contributed by atoms with Gasteiger partial charge in [-0.2, -0.15) is 0 Å². The first kappa shape index (κ1) is 14.5. The molecule has 0 spiro atoms. The molecule has 0 bridgehead atoms. The molecule has 0 aliphatic rings. The number of rotatable bonds is 6. The second-order valence-electron chi connectivity index (χ2n) is 5.04. The van der Waals surface area contributed by atoms with E-state index in [-0.39, 0.29) is 13.2 Å². The van der Waals surface area contributed by atoms with Gasteiger partial charge in [0.25, 0.3) is 0 Å². The van der Waals surface area contributed by atoms with E-state index in [4.69, 9.17) is 11.6 Å². The Hall–Kier alpha value is -0.570. The van der Waals surface area contributed by atoms with E-state index in [2.05, 4.69) is 13.8 Å². The molecule has 2 nitrogen and oxygen atoms in total. The summed E-state index contributed by atoms with van der Waals surface area (Å²) in [7, 11) is 0. The maximum Gasteiger partial charge on any atom is 0.0550 e. The molecular weight excluding hydrogens is 236 g/mol. The van der Waals surface area contributed by atoms with Crippen LogP contribution in [0.5, 0.6) is 0 Å². The van der Waals surface area contributed by atoms with E-state index in [1.54, 1.807) is 6.07 Å². The molecule has 3 heteroatoms. The van der Waals surface area contributed by atoms with Crippen LogP contribution in [0.3, 0.4) is 0 Å². The van der Waals surface area contributed by atoms with Gasteiger partial charge in [0, 0.05) is 10.4 Å². The standard InChI is InChI=1S/C14H21ClO2/c1-11(2)6-7-14(9-16,10-17)12-4-3-5-13(15)8-12/h3-5,8,11,16-17H,6-7,9-10H2,1-2H3. The van der Waals surface area contributed by atoms with Gasteiger partial charge in [0.1, 0.15) is 0 Å². The van der Waals surface area contributed by atoms with Crippen molar-refractivity contribution in [1.82, 2.24) is 0 Å². The number of hydrogen-bond acceptors (Lipinski definition) is 2. The number of aliphatic hydroxyl groups is 2. The fraction of sp³-hybridized carbons (Fsp3) is 0.571. The van der Waals surface area contributed by atoms with E-state index in [1.807, 2.05) is 18.2 Å². The molecule has 0 atom stereocenters. The van der Waals surface area contributed by atoms with Gasteiger partial charge in [0.15, 0.2) is 0 Å². The molecule has 0 unspecified atom stereocenters. The Bertz CT molecular complexity index is 346. The van der Waals surface area contributed by atoms with Gasteiger partial charge in [0.05, 0.1) is 13.2 Å². The molecule has 0 radical (unpaired) electrons. The normalized spacial score (nSPS) is 12.1. The predicted octanol–water partition coefficient (Wildman–Crippen LogP) is 3.00. The van der Waals surface area contributed by atoms with Crippen LogP contribution < -0.4 is 0 Å². The highest BCUT2D eigenvalue weighted by molar-refractivity contribution is 6.30. The fourth-order valence-corrected chi connectivity index (χ4v) is 2.11. The Morgan fingerprint density at radius 2 is 1.88 bits per heavy atom. The molecule has 1 aromatic carbocycles. The number of hydrogen-bond donors (Lipinski definition) is 2. The quantitative estimate of drug-likeness (QED) is 0.822. The molecule has 0 fully saturated rings. The maximum absolute atomic E-state index is 9.63. The second kappa shape index (κ2) is 6.39. The highest BCUT2D eigenvalue weighted by Crippen LogP contribution is 2.31. The van der Waals surface area contributed by atoms with E-state index < -0.39 is 5.41 Å². The summed E-state index contributed by atoms with van der Waals surface area (Å²) in [6.07, 6.45) is 1.73. The van der Waals surface area contributed by atoms with E-state index in [0.29, 0.717) is 10.9 Å². The summed E-state index contributed by atoms with van der Waals surface area (Å²) in [6, 6.07) is 7.40. The Morgan fingerprint density at radius 1 is 1.24 bits per heavy atom. The molecular formula is C14H21ClO2. The molecule has 1 aromatic rings. The summed E-state index contributed by atoms with van der Waals surface area (Å²) in [5.74, 6) is 0.548. The van der Waals surface area contributed by atoms with E-state index in [9.17, 15) is 10.2 Å². The smallest absolute Gasteiger partial charge is 0.0550 e. The Labute approximate surface area is 108 Å². The van der Waals surface area contributed by atoms with Crippen LogP contribution in [-0.2, 0) is 5.41 Å². The molecule has 0 saturated heterocycles. The van der Waals surface area contributed by atoms with Crippen LogP contribution in [0.1, 0.15) is 32.3 Å². The average molecular weight is 257 g/mol. The van der Waals surface area contributed by atoms with Crippen molar-refractivity contribution in [3.8, 4) is 0 Å². The lowest BCUT2D eigenvalue weighted by molar-refractivity contribution is 0.105. The van der Waals surface area contributed by atoms with Crippen molar-refractivity contribution >= 4 is 11.6 Å². The van der Waals surface area contributed by atoms with Crippen LogP contribution in [0, 0.1) is 5.92 Å². The number of aliphatic hydroxyl groups excluding tert-OH is 2. The molecule has 0 heterocycles. The Balaban J connectivity index is 2.97. The lowest BCUT2D eigenvalue weighted by Gasteiger charge is -2.31. The minimum Gasteiger partial charge on any atom is -0.395 e. The zero-order valence-corrected chi connectivity index (χ0v) is 11.2. The summed E-state index contributed by atoms with van der Waals surface area (Å²) in [4.78, 5) is 0. The molecule has 2 N–H and O–H groups in total. The van der Waals surface area contributed by atoms with Crippen molar-refractivity contribution in [2.45, 2.75) is 32.1 Å². The zero-order chi connectivity index (χ0) is 12.9. The summed E-state index contributed by atoms with van der Waals surface area (Å²) in [5, 5.41) is 19.9. The lowest BCUT2D eigenvalue weighted by Crippen LogP contribution is -2.35. The lowest BCUT2D eigenvalue weighted by atomic mass is 9.77. The van der Waals surface area contributed by atoms with E-state index >= 15 is 0 Å². The van der Waals surface area contributed by atoms with Gasteiger partial charge in [-0.25, -0.2) is 0 Å². The van der Waals surface area contributed by atoms with Crippen molar-refractivity contribution in [1.29, 1.82) is 0 Å². The average Bonchev–Trinajstić information content (AvgIpc) is 2.31. The Kier molecular flexibility index (Phi) is 5.44. The molecule has 17 heavy (non-hydrogen) atoms. The van der Waals surface area contributed by atoms with Crippen LogP contribution in [-0.4, -0.2) is 23.4 Å². The topological polar surface area (TPSA) is 40.5 Å². The first-order chi connectivity index (χ1) is 8.04. The molecule has 0 amide bonds.